The molecule has 0 aliphatic rings. The first kappa shape index (κ1) is 16.0. The van der Waals surface area contributed by atoms with Gasteiger partial charge in [-0.1, -0.05) is 12.1 Å². The second kappa shape index (κ2) is 7.04. The van der Waals surface area contributed by atoms with Crippen molar-refractivity contribution in [2.24, 2.45) is 5.73 Å². The normalized spacial score (nSPS) is 10.9. The SMILES string of the molecule is COc1ccccc1-n1nc(CC(N)=O)nc1COC(C)C. The van der Waals surface area contributed by atoms with Crippen molar-refractivity contribution in [2.45, 2.75) is 33.0 Å². The van der Waals surface area contributed by atoms with Crippen LogP contribution in [0.25, 0.3) is 5.69 Å². The highest BCUT2D eigenvalue weighted by atomic mass is 16.5. The third kappa shape index (κ3) is 3.82. The highest BCUT2D eigenvalue weighted by Gasteiger charge is 2.16. The molecule has 2 N–H and O–H groups in total. The number of primary amides is 1. The average Bonchev–Trinajstić information content (AvgIpc) is 2.86. The summed E-state index contributed by atoms with van der Waals surface area (Å²) in [5.74, 6) is 1.13. The van der Waals surface area contributed by atoms with Crippen molar-refractivity contribution < 1.29 is 14.3 Å². The van der Waals surface area contributed by atoms with Gasteiger partial charge in [-0.2, -0.15) is 5.10 Å². The van der Waals surface area contributed by atoms with E-state index in [1.54, 1.807) is 11.8 Å². The van der Waals surface area contributed by atoms with Crippen molar-refractivity contribution in [2.75, 3.05) is 7.11 Å². The smallest absolute Gasteiger partial charge is 0.225 e. The zero-order valence-electron chi connectivity index (χ0n) is 12.9. The summed E-state index contributed by atoms with van der Waals surface area (Å²) in [5.41, 5.74) is 5.95. The van der Waals surface area contributed by atoms with Crippen LogP contribution in [0.1, 0.15) is 25.5 Å². The zero-order valence-corrected chi connectivity index (χ0v) is 12.9. The van der Waals surface area contributed by atoms with Gasteiger partial charge in [-0.15, -0.1) is 0 Å². The molecule has 0 unspecified atom stereocenters. The summed E-state index contributed by atoms with van der Waals surface area (Å²) in [6.45, 7) is 4.16. The molecule has 1 aromatic heterocycles. The number of hydrogen-bond donors (Lipinski definition) is 1. The number of aromatic nitrogens is 3. The maximum absolute atomic E-state index is 11.1. The van der Waals surface area contributed by atoms with E-state index in [2.05, 4.69) is 10.1 Å². The van der Waals surface area contributed by atoms with Crippen LogP contribution in [0.15, 0.2) is 24.3 Å². The lowest BCUT2D eigenvalue weighted by Gasteiger charge is -2.11. The highest BCUT2D eigenvalue weighted by molar-refractivity contribution is 5.75. The quantitative estimate of drug-likeness (QED) is 0.830. The molecule has 118 valence electrons. The van der Waals surface area contributed by atoms with Crippen LogP contribution in [0.3, 0.4) is 0 Å². The van der Waals surface area contributed by atoms with Crippen molar-refractivity contribution in [1.82, 2.24) is 14.8 Å². The second-order valence-electron chi connectivity index (χ2n) is 5.03. The molecule has 2 rings (SSSR count). The number of hydrogen-bond acceptors (Lipinski definition) is 5. The Morgan fingerprint density at radius 1 is 1.36 bits per heavy atom. The van der Waals surface area contributed by atoms with Crippen molar-refractivity contribution in [3.63, 3.8) is 0 Å². The first-order valence-corrected chi connectivity index (χ1v) is 6.99. The number of amides is 1. The Bertz CT molecular complexity index is 652. The van der Waals surface area contributed by atoms with E-state index in [9.17, 15) is 4.79 Å². The minimum absolute atomic E-state index is 0.0170. The topological polar surface area (TPSA) is 92.3 Å². The molecular weight excluding hydrogens is 284 g/mol. The molecule has 1 aromatic carbocycles. The van der Waals surface area contributed by atoms with E-state index in [1.807, 2.05) is 38.1 Å². The summed E-state index contributed by atoms with van der Waals surface area (Å²) >= 11 is 0. The van der Waals surface area contributed by atoms with Gasteiger partial charge >= 0.3 is 0 Å². The lowest BCUT2D eigenvalue weighted by atomic mass is 10.3. The number of benzene rings is 1. The molecule has 0 aliphatic carbocycles. The number of carbonyl (C=O) groups excluding carboxylic acids is 1. The Hall–Kier alpha value is -2.41. The molecule has 0 spiro atoms. The van der Waals surface area contributed by atoms with Crippen LogP contribution in [-0.4, -0.2) is 33.9 Å². The predicted octanol–water partition coefficient (Wildman–Crippen LogP) is 1.23. The molecule has 22 heavy (non-hydrogen) atoms. The number of ether oxygens (including phenoxy) is 2. The second-order valence-corrected chi connectivity index (χ2v) is 5.03. The third-order valence-electron chi connectivity index (χ3n) is 2.91. The van der Waals surface area contributed by atoms with Crippen LogP contribution in [0.2, 0.25) is 0 Å². The Kier molecular flexibility index (Phi) is 5.11. The lowest BCUT2D eigenvalue weighted by Crippen LogP contribution is -2.14. The fraction of sp³-hybridized carbons (Fsp3) is 0.400. The van der Waals surface area contributed by atoms with Gasteiger partial charge in [-0.05, 0) is 26.0 Å². The summed E-state index contributed by atoms with van der Waals surface area (Å²) in [4.78, 5) is 15.4. The fourth-order valence-electron chi connectivity index (χ4n) is 1.95. The minimum atomic E-state index is -0.478. The zero-order chi connectivity index (χ0) is 16.1. The predicted molar refractivity (Wildman–Crippen MR) is 80.7 cm³/mol. The first-order valence-electron chi connectivity index (χ1n) is 6.99. The van der Waals surface area contributed by atoms with Crippen molar-refractivity contribution in [3.8, 4) is 11.4 Å². The fourth-order valence-corrected chi connectivity index (χ4v) is 1.95. The summed E-state index contributed by atoms with van der Waals surface area (Å²) in [7, 11) is 1.59. The van der Waals surface area contributed by atoms with Gasteiger partial charge < -0.3 is 15.2 Å². The highest BCUT2D eigenvalue weighted by Crippen LogP contribution is 2.23. The van der Waals surface area contributed by atoms with Crippen LogP contribution in [0, 0.1) is 0 Å². The lowest BCUT2D eigenvalue weighted by molar-refractivity contribution is -0.117. The van der Waals surface area contributed by atoms with Crippen molar-refractivity contribution in [3.05, 3.63) is 35.9 Å². The van der Waals surface area contributed by atoms with Crippen LogP contribution < -0.4 is 10.5 Å². The Morgan fingerprint density at radius 3 is 2.73 bits per heavy atom. The van der Waals surface area contributed by atoms with Gasteiger partial charge in [-0.25, -0.2) is 9.67 Å². The van der Waals surface area contributed by atoms with E-state index in [1.165, 1.54) is 0 Å². The molecule has 0 saturated carbocycles. The Labute approximate surface area is 129 Å². The van der Waals surface area contributed by atoms with Crippen LogP contribution in [0.4, 0.5) is 0 Å². The third-order valence-corrected chi connectivity index (χ3v) is 2.91. The molecule has 1 amide bonds. The number of methoxy groups -OCH3 is 1. The van der Waals surface area contributed by atoms with Crippen molar-refractivity contribution >= 4 is 5.91 Å². The number of carbonyl (C=O) groups is 1. The molecule has 0 radical (unpaired) electrons. The molecule has 0 bridgehead atoms. The molecule has 2 aromatic rings. The molecular formula is C15H20N4O3. The van der Waals surface area contributed by atoms with E-state index in [0.717, 1.165) is 5.69 Å². The molecule has 1 heterocycles. The van der Waals surface area contributed by atoms with E-state index in [4.69, 9.17) is 15.2 Å². The first-order chi connectivity index (χ1) is 10.5. The summed E-state index contributed by atoms with van der Waals surface area (Å²) < 4.78 is 12.6. The van der Waals surface area contributed by atoms with Gasteiger partial charge in [0.05, 0.1) is 19.6 Å². The van der Waals surface area contributed by atoms with E-state index < -0.39 is 5.91 Å². The number of rotatable bonds is 7. The van der Waals surface area contributed by atoms with E-state index in [0.29, 0.717) is 17.4 Å². The number of para-hydroxylation sites is 2. The molecule has 0 aliphatic heterocycles. The maximum atomic E-state index is 11.1. The van der Waals surface area contributed by atoms with Gasteiger partial charge in [0, 0.05) is 0 Å². The van der Waals surface area contributed by atoms with Crippen LogP contribution in [0.5, 0.6) is 5.75 Å². The van der Waals surface area contributed by atoms with Crippen LogP contribution >= 0.6 is 0 Å². The Morgan fingerprint density at radius 2 is 2.09 bits per heavy atom. The van der Waals surface area contributed by atoms with Crippen LogP contribution in [-0.2, 0) is 22.6 Å². The monoisotopic (exact) mass is 304 g/mol. The minimum Gasteiger partial charge on any atom is -0.494 e. The molecule has 0 fully saturated rings. The summed E-state index contributed by atoms with van der Waals surface area (Å²) in [6, 6.07) is 7.44. The number of nitrogens with two attached hydrogens (primary N) is 1. The van der Waals surface area contributed by atoms with Gasteiger partial charge in [0.2, 0.25) is 5.91 Å². The molecule has 0 atom stereocenters. The van der Waals surface area contributed by atoms with Gasteiger partial charge in [-0.3, -0.25) is 4.79 Å². The van der Waals surface area contributed by atoms with E-state index in [-0.39, 0.29) is 19.1 Å². The standard InChI is InChI=1S/C15H20N4O3/c1-10(2)22-9-15-17-14(8-13(16)20)18-19(15)11-6-4-5-7-12(11)21-3/h4-7,10H,8-9H2,1-3H3,(H2,16,20). The van der Waals surface area contributed by atoms with Gasteiger partial charge in [0.15, 0.2) is 11.6 Å². The number of nitrogens with zero attached hydrogens (tertiary/aromatic N) is 3. The van der Waals surface area contributed by atoms with Gasteiger partial charge in [0.25, 0.3) is 0 Å². The largest absolute Gasteiger partial charge is 0.494 e. The summed E-state index contributed by atoms with van der Waals surface area (Å²) in [5, 5.41) is 4.35. The molecule has 7 heteroatoms. The van der Waals surface area contributed by atoms with Crippen molar-refractivity contribution in [1.29, 1.82) is 0 Å². The molecule has 0 saturated heterocycles. The average molecular weight is 304 g/mol. The molecule has 7 nitrogen and oxygen atoms in total. The Balaban J connectivity index is 2.42. The summed E-state index contributed by atoms with van der Waals surface area (Å²) in [6.07, 6.45) is 0.0408. The van der Waals surface area contributed by atoms with E-state index >= 15 is 0 Å². The van der Waals surface area contributed by atoms with Gasteiger partial charge in [0.1, 0.15) is 18.0 Å². The maximum Gasteiger partial charge on any atom is 0.225 e.